The molecule has 2 amide bonds. The van der Waals surface area contributed by atoms with Crippen molar-refractivity contribution in [3.05, 3.63) is 59.7 Å². The van der Waals surface area contributed by atoms with Crippen LogP contribution in [0.3, 0.4) is 0 Å². The van der Waals surface area contributed by atoms with Crippen LogP contribution >= 0.6 is 11.8 Å². The van der Waals surface area contributed by atoms with Crippen LogP contribution in [0.2, 0.25) is 0 Å². The van der Waals surface area contributed by atoms with Gasteiger partial charge in [0.05, 0.1) is 12.3 Å². The Hall–Kier alpha value is -2.41. The van der Waals surface area contributed by atoms with E-state index in [1.165, 1.54) is 6.07 Å². The largest absolute Gasteiger partial charge is 0.346 e. The van der Waals surface area contributed by atoms with Gasteiger partial charge < -0.3 is 10.6 Å². The minimum atomic E-state index is -0.959. The monoisotopic (exact) mass is 364 g/mol. The summed E-state index contributed by atoms with van der Waals surface area (Å²) in [6.45, 7) is 1.83. The van der Waals surface area contributed by atoms with Gasteiger partial charge >= 0.3 is 0 Å². The zero-order valence-corrected chi connectivity index (χ0v) is 14.5. The number of para-hydroxylation sites is 1. The Morgan fingerprint density at radius 1 is 1.04 bits per heavy atom. The third-order valence-corrected chi connectivity index (χ3v) is 4.37. The van der Waals surface area contributed by atoms with Crippen LogP contribution in [0.4, 0.5) is 14.5 Å². The first-order chi connectivity index (χ1) is 12.0. The Balaban J connectivity index is 1.77. The number of amides is 2. The average Bonchev–Trinajstić information content (AvgIpc) is 2.61. The van der Waals surface area contributed by atoms with Crippen LogP contribution in [0.15, 0.2) is 47.4 Å². The first-order valence-corrected chi connectivity index (χ1v) is 8.70. The van der Waals surface area contributed by atoms with Crippen LogP contribution in [0.25, 0.3) is 0 Å². The molecule has 7 heteroatoms. The molecular formula is C18H18F2N2O2S. The van der Waals surface area contributed by atoms with Gasteiger partial charge in [-0.15, -0.1) is 11.8 Å². The number of carbonyl (C=O) groups is 2. The molecule has 132 valence electrons. The van der Waals surface area contributed by atoms with Crippen molar-refractivity contribution < 1.29 is 18.4 Å². The summed E-state index contributed by atoms with van der Waals surface area (Å²) >= 11 is 1.06. The Labute approximate surface area is 149 Å². The van der Waals surface area contributed by atoms with Crippen molar-refractivity contribution in [2.45, 2.75) is 18.2 Å². The number of anilines is 1. The summed E-state index contributed by atoms with van der Waals surface area (Å²) in [5, 5.41) is 5.25. The number of nitrogens with one attached hydrogen (secondary N) is 2. The van der Waals surface area contributed by atoms with Crippen molar-refractivity contribution in [2.75, 3.05) is 17.6 Å². The molecule has 0 aliphatic carbocycles. The lowest BCUT2D eigenvalue weighted by Crippen LogP contribution is -2.34. The number of carbonyl (C=O) groups excluding carboxylic acids is 2. The highest BCUT2D eigenvalue weighted by Crippen LogP contribution is 2.20. The SMILES string of the molecule is CCc1ccccc1NC(=O)CNC(=O)CSc1ccc(F)c(F)c1. The molecule has 0 atom stereocenters. The van der Waals surface area contributed by atoms with Crippen molar-refractivity contribution in [3.8, 4) is 0 Å². The molecule has 0 heterocycles. The van der Waals surface area contributed by atoms with Gasteiger partial charge in [-0.05, 0) is 36.2 Å². The lowest BCUT2D eigenvalue weighted by molar-refractivity contribution is -0.122. The van der Waals surface area contributed by atoms with Crippen LogP contribution in [-0.2, 0) is 16.0 Å². The predicted octanol–water partition coefficient (Wildman–Crippen LogP) is 3.37. The Morgan fingerprint density at radius 2 is 1.80 bits per heavy atom. The Bertz CT molecular complexity index is 768. The van der Waals surface area contributed by atoms with E-state index in [2.05, 4.69) is 10.6 Å². The van der Waals surface area contributed by atoms with E-state index >= 15 is 0 Å². The highest BCUT2D eigenvalue weighted by Gasteiger charge is 2.09. The van der Waals surface area contributed by atoms with E-state index in [0.717, 1.165) is 41.6 Å². The molecule has 2 rings (SSSR count). The fourth-order valence-electron chi connectivity index (χ4n) is 2.09. The van der Waals surface area contributed by atoms with E-state index in [9.17, 15) is 18.4 Å². The normalized spacial score (nSPS) is 10.4. The zero-order chi connectivity index (χ0) is 18.2. The number of benzene rings is 2. The van der Waals surface area contributed by atoms with E-state index < -0.39 is 11.6 Å². The van der Waals surface area contributed by atoms with Crippen molar-refractivity contribution in [1.29, 1.82) is 0 Å². The fourth-order valence-corrected chi connectivity index (χ4v) is 2.84. The third-order valence-electron chi connectivity index (χ3n) is 3.38. The lowest BCUT2D eigenvalue weighted by Gasteiger charge is -2.10. The summed E-state index contributed by atoms with van der Waals surface area (Å²) in [5.41, 5.74) is 1.73. The summed E-state index contributed by atoms with van der Waals surface area (Å²) in [7, 11) is 0. The second kappa shape index (κ2) is 9.17. The van der Waals surface area contributed by atoms with Crippen molar-refractivity contribution in [2.24, 2.45) is 0 Å². The van der Waals surface area contributed by atoms with Gasteiger partial charge in [0.2, 0.25) is 11.8 Å². The molecule has 0 radical (unpaired) electrons. The second-order valence-electron chi connectivity index (χ2n) is 5.20. The molecular weight excluding hydrogens is 346 g/mol. The van der Waals surface area contributed by atoms with Gasteiger partial charge in [0, 0.05) is 10.6 Å². The molecule has 0 fully saturated rings. The molecule has 0 aromatic heterocycles. The van der Waals surface area contributed by atoms with E-state index in [0.29, 0.717) is 4.90 Å². The summed E-state index contributed by atoms with van der Waals surface area (Å²) in [6.07, 6.45) is 0.785. The van der Waals surface area contributed by atoms with Crippen LogP contribution in [0, 0.1) is 11.6 Å². The van der Waals surface area contributed by atoms with Gasteiger partial charge in [-0.1, -0.05) is 25.1 Å². The second-order valence-corrected chi connectivity index (χ2v) is 6.25. The first kappa shape index (κ1) is 18.9. The number of aryl methyl sites for hydroxylation is 1. The minimum absolute atomic E-state index is 0.00387. The smallest absolute Gasteiger partial charge is 0.243 e. The summed E-state index contributed by atoms with van der Waals surface area (Å²) in [4.78, 5) is 24.1. The molecule has 25 heavy (non-hydrogen) atoms. The lowest BCUT2D eigenvalue weighted by atomic mass is 10.1. The molecule has 4 nitrogen and oxygen atoms in total. The summed E-state index contributed by atoms with van der Waals surface area (Å²) in [6, 6.07) is 10.9. The van der Waals surface area contributed by atoms with E-state index in [1.54, 1.807) is 6.07 Å². The Morgan fingerprint density at radius 3 is 2.52 bits per heavy atom. The van der Waals surface area contributed by atoms with Crippen LogP contribution in [-0.4, -0.2) is 24.1 Å². The topological polar surface area (TPSA) is 58.2 Å². The van der Waals surface area contributed by atoms with Gasteiger partial charge in [0.1, 0.15) is 0 Å². The van der Waals surface area contributed by atoms with Crippen molar-refractivity contribution >= 4 is 29.3 Å². The first-order valence-electron chi connectivity index (χ1n) is 7.72. The molecule has 0 spiro atoms. The highest BCUT2D eigenvalue weighted by atomic mass is 32.2. The predicted molar refractivity (Wildman–Crippen MR) is 94.5 cm³/mol. The highest BCUT2D eigenvalue weighted by molar-refractivity contribution is 8.00. The van der Waals surface area contributed by atoms with Crippen molar-refractivity contribution in [1.82, 2.24) is 5.32 Å². The zero-order valence-electron chi connectivity index (χ0n) is 13.6. The number of hydrogen-bond acceptors (Lipinski definition) is 3. The van der Waals surface area contributed by atoms with Crippen molar-refractivity contribution in [3.63, 3.8) is 0 Å². The van der Waals surface area contributed by atoms with E-state index in [1.807, 2.05) is 25.1 Å². The van der Waals surface area contributed by atoms with Crippen LogP contribution in [0.5, 0.6) is 0 Å². The molecule has 0 aliphatic rings. The third kappa shape index (κ3) is 5.86. The standard InChI is InChI=1S/C18H18F2N2O2S/c1-2-12-5-3-4-6-16(12)22-17(23)10-21-18(24)11-25-13-7-8-14(19)15(20)9-13/h3-9H,2,10-11H2,1H3,(H,21,24)(H,22,23). The molecule has 0 unspecified atom stereocenters. The Kier molecular flexibility index (Phi) is 6.94. The molecule has 2 aromatic carbocycles. The number of thioether (sulfide) groups is 1. The maximum Gasteiger partial charge on any atom is 0.243 e. The fraction of sp³-hybridized carbons (Fsp3) is 0.222. The summed E-state index contributed by atoms with van der Waals surface area (Å²) in [5.74, 6) is -2.58. The quantitative estimate of drug-likeness (QED) is 0.741. The number of halogens is 2. The maximum absolute atomic E-state index is 13.1. The van der Waals surface area contributed by atoms with E-state index in [-0.39, 0.29) is 24.1 Å². The van der Waals surface area contributed by atoms with E-state index in [4.69, 9.17) is 0 Å². The minimum Gasteiger partial charge on any atom is -0.346 e. The van der Waals surface area contributed by atoms with Gasteiger partial charge in [-0.3, -0.25) is 9.59 Å². The molecule has 2 aromatic rings. The van der Waals surface area contributed by atoms with Gasteiger partial charge in [-0.2, -0.15) is 0 Å². The van der Waals surface area contributed by atoms with Gasteiger partial charge in [0.15, 0.2) is 11.6 Å². The maximum atomic E-state index is 13.1. The van der Waals surface area contributed by atoms with Crippen LogP contribution < -0.4 is 10.6 Å². The molecule has 0 bridgehead atoms. The van der Waals surface area contributed by atoms with Gasteiger partial charge in [0.25, 0.3) is 0 Å². The molecule has 0 saturated carbocycles. The van der Waals surface area contributed by atoms with Gasteiger partial charge in [-0.25, -0.2) is 8.78 Å². The summed E-state index contributed by atoms with van der Waals surface area (Å²) < 4.78 is 25.9. The molecule has 0 aliphatic heterocycles. The molecule has 2 N–H and O–H groups in total. The number of rotatable bonds is 7. The number of hydrogen-bond donors (Lipinski definition) is 2. The average molecular weight is 364 g/mol. The van der Waals surface area contributed by atoms with Crippen LogP contribution in [0.1, 0.15) is 12.5 Å². The molecule has 0 saturated heterocycles.